The fourth-order valence-electron chi connectivity index (χ4n) is 3.40. The lowest BCUT2D eigenvalue weighted by Crippen LogP contribution is -2.46. The molecular formula is C15H20N2O3S. The standard InChI is InChI=1S/C15H20N2O3S/c16-21(19,20)14-5-7-17(8-6-14)15(18)13-9-11-3-1-2-4-12(11)10-13/h1-4,13-14H,5-10H2,(H2,16,19,20). The Hall–Kier alpha value is -1.40. The Morgan fingerprint density at radius 3 is 2.10 bits per heavy atom. The van der Waals surface area contributed by atoms with Gasteiger partial charge < -0.3 is 4.90 Å². The lowest BCUT2D eigenvalue weighted by molar-refractivity contribution is -0.136. The highest BCUT2D eigenvalue weighted by molar-refractivity contribution is 7.89. The highest BCUT2D eigenvalue weighted by Crippen LogP contribution is 2.29. The van der Waals surface area contributed by atoms with E-state index >= 15 is 0 Å². The molecule has 0 bridgehead atoms. The van der Waals surface area contributed by atoms with Crippen molar-refractivity contribution in [3.05, 3.63) is 35.4 Å². The average molecular weight is 308 g/mol. The molecule has 21 heavy (non-hydrogen) atoms. The maximum absolute atomic E-state index is 12.6. The lowest BCUT2D eigenvalue weighted by Gasteiger charge is -2.32. The number of nitrogens with two attached hydrogens (primary N) is 1. The van der Waals surface area contributed by atoms with E-state index in [1.807, 2.05) is 12.1 Å². The van der Waals surface area contributed by atoms with Crippen LogP contribution >= 0.6 is 0 Å². The smallest absolute Gasteiger partial charge is 0.226 e. The van der Waals surface area contributed by atoms with E-state index in [1.54, 1.807) is 4.90 Å². The van der Waals surface area contributed by atoms with Crippen LogP contribution in [-0.4, -0.2) is 37.6 Å². The molecule has 1 aromatic carbocycles. The zero-order valence-corrected chi connectivity index (χ0v) is 12.7. The molecule has 0 unspecified atom stereocenters. The molecule has 1 heterocycles. The highest BCUT2D eigenvalue weighted by Gasteiger charge is 2.34. The van der Waals surface area contributed by atoms with Gasteiger partial charge in [-0.15, -0.1) is 0 Å². The number of likely N-dealkylation sites (tertiary alicyclic amines) is 1. The van der Waals surface area contributed by atoms with Crippen molar-refractivity contribution in [2.75, 3.05) is 13.1 Å². The predicted molar refractivity (Wildman–Crippen MR) is 80.0 cm³/mol. The van der Waals surface area contributed by atoms with Crippen LogP contribution in [-0.2, 0) is 27.7 Å². The normalized spacial score (nSPS) is 20.5. The number of amides is 1. The largest absolute Gasteiger partial charge is 0.342 e. The molecule has 0 spiro atoms. The van der Waals surface area contributed by atoms with E-state index in [0.717, 1.165) is 12.8 Å². The summed E-state index contributed by atoms with van der Waals surface area (Å²) in [4.78, 5) is 14.4. The minimum atomic E-state index is -3.48. The third kappa shape index (κ3) is 2.96. The molecule has 1 aliphatic carbocycles. The summed E-state index contributed by atoms with van der Waals surface area (Å²) in [6, 6.07) is 8.16. The summed E-state index contributed by atoms with van der Waals surface area (Å²) in [6.45, 7) is 0.986. The van der Waals surface area contributed by atoms with E-state index < -0.39 is 15.3 Å². The van der Waals surface area contributed by atoms with Crippen LogP contribution in [0.15, 0.2) is 24.3 Å². The van der Waals surface area contributed by atoms with Crippen molar-refractivity contribution in [3.63, 3.8) is 0 Å². The first-order valence-electron chi connectivity index (χ1n) is 7.32. The van der Waals surface area contributed by atoms with E-state index in [4.69, 9.17) is 5.14 Å². The molecular weight excluding hydrogens is 288 g/mol. The van der Waals surface area contributed by atoms with Crippen LogP contribution in [0.2, 0.25) is 0 Å². The summed E-state index contributed by atoms with van der Waals surface area (Å²) in [5.41, 5.74) is 2.52. The van der Waals surface area contributed by atoms with Gasteiger partial charge in [-0.1, -0.05) is 24.3 Å². The van der Waals surface area contributed by atoms with Crippen molar-refractivity contribution >= 4 is 15.9 Å². The number of carbonyl (C=O) groups excluding carboxylic acids is 1. The third-order valence-corrected chi connectivity index (χ3v) is 6.02. The summed E-state index contributed by atoms with van der Waals surface area (Å²) >= 11 is 0. The van der Waals surface area contributed by atoms with E-state index in [1.165, 1.54) is 11.1 Å². The molecule has 1 saturated heterocycles. The number of nitrogens with zero attached hydrogens (tertiary/aromatic N) is 1. The SMILES string of the molecule is NS(=O)(=O)C1CCN(C(=O)C2Cc3ccccc3C2)CC1. The maximum Gasteiger partial charge on any atom is 0.226 e. The first-order valence-corrected chi connectivity index (χ1v) is 8.93. The fraction of sp³-hybridized carbons (Fsp3) is 0.533. The Kier molecular flexibility index (Phi) is 3.75. The van der Waals surface area contributed by atoms with Gasteiger partial charge in [0.2, 0.25) is 15.9 Å². The van der Waals surface area contributed by atoms with Crippen molar-refractivity contribution in [2.24, 2.45) is 11.1 Å². The van der Waals surface area contributed by atoms with Crippen LogP contribution in [0.25, 0.3) is 0 Å². The van der Waals surface area contributed by atoms with Crippen molar-refractivity contribution in [2.45, 2.75) is 30.9 Å². The number of rotatable bonds is 2. The van der Waals surface area contributed by atoms with Gasteiger partial charge in [-0.2, -0.15) is 0 Å². The second kappa shape index (κ2) is 5.42. The molecule has 0 atom stereocenters. The number of carbonyl (C=O) groups is 1. The van der Waals surface area contributed by atoms with Crippen LogP contribution < -0.4 is 5.14 Å². The third-order valence-electron chi connectivity index (χ3n) is 4.62. The number of primary sulfonamides is 1. The van der Waals surface area contributed by atoms with Crippen LogP contribution in [0.1, 0.15) is 24.0 Å². The Morgan fingerprint density at radius 1 is 1.10 bits per heavy atom. The summed E-state index contributed by atoms with van der Waals surface area (Å²) in [5, 5.41) is 4.68. The molecule has 1 aromatic rings. The summed E-state index contributed by atoms with van der Waals surface area (Å²) < 4.78 is 22.7. The van der Waals surface area contributed by atoms with Crippen molar-refractivity contribution < 1.29 is 13.2 Å². The molecule has 2 N–H and O–H groups in total. The summed E-state index contributed by atoms with van der Waals surface area (Å²) in [6.07, 6.45) is 2.49. The first-order chi connectivity index (χ1) is 9.95. The first kappa shape index (κ1) is 14.5. The van der Waals surface area contributed by atoms with Gasteiger partial charge in [-0.25, -0.2) is 13.6 Å². The van der Waals surface area contributed by atoms with E-state index in [9.17, 15) is 13.2 Å². The molecule has 0 saturated carbocycles. The average Bonchev–Trinajstić information content (AvgIpc) is 2.89. The van der Waals surface area contributed by atoms with Crippen molar-refractivity contribution in [3.8, 4) is 0 Å². The van der Waals surface area contributed by atoms with Crippen molar-refractivity contribution in [1.82, 2.24) is 4.90 Å². The Bertz CT molecular complexity index is 624. The monoisotopic (exact) mass is 308 g/mol. The molecule has 0 aromatic heterocycles. The molecule has 1 fully saturated rings. The molecule has 114 valence electrons. The van der Waals surface area contributed by atoms with Crippen LogP contribution in [0.3, 0.4) is 0 Å². The Balaban J connectivity index is 1.61. The lowest BCUT2D eigenvalue weighted by atomic mass is 10.0. The molecule has 2 aliphatic rings. The number of piperidine rings is 1. The molecule has 3 rings (SSSR count). The van der Waals surface area contributed by atoms with Crippen LogP contribution in [0.5, 0.6) is 0 Å². The van der Waals surface area contributed by atoms with Gasteiger partial charge in [0.15, 0.2) is 0 Å². The van der Waals surface area contributed by atoms with Gasteiger partial charge in [0.25, 0.3) is 0 Å². The van der Waals surface area contributed by atoms with Gasteiger partial charge in [0.05, 0.1) is 5.25 Å². The predicted octanol–water partition coefficient (Wildman–Crippen LogP) is 0.681. The quantitative estimate of drug-likeness (QED) is 0.872. The highest BCUT2D eigenvalue weighted by atomic mass is 32.2. The number of hydrogen-bond acceptors (Lipinski definition) is 3. The minimum Gasteiger partial charge on any atom is -0.342 e. The number of sulfonamides is 1. The molecule has 6 heteroatoms. The Labute approximate surface area is 125 Å². The van der Waals surface area contributed by atoms with E-state index in [2.05, 4.69) is 12.1 Å². The van der Waals surface area contributed by atoms with Gasteiger partial charge in [0, 0.05) is 19.0 Å². The molecule has 1 amide bonds. The zero-order valence-electron chi connectivity index (χ0n) is 11.9. The topological polar surface area (TPSA) is 80.5 Å². The van der Waals surface area contributed by atoms with Gasteiger partial charge in [-0.05, 0) is 36.8 Å². The number of benzene rings is 1. The summed E-state index contributed by atoms with van der Waals surface area (Å²) in [5.74, 6) is 0.160. The summed E-state index contributed by atoms with van der Waals surface area (Å²) in [7, 11) is -3.48. The van der Waals surface area contributed by atoms with Gasteiger partial charge in [-0.3, -0.25) is 4.79 Å². The zero-order chi connectivity index (χ0) is 15.0. The van der Waals surface area contributed by atoms with Gasteiger partial charge in [0.1, 0.15) is 0 Å². The second-order valence-corrected chi connectivity index (χ2v) is 7.83. The van der Waals surface area contributed by atoms with Crippen LogP contribution in [0.4, 0.5) is 0 Å². The minimum absolute atomic E-state index is 0.00781. The fourth-order valence-corrected chi connectivity index (χ4v) is 4.26. The second-order valence-electron chi connectivity index (χ2n) is 5.99. The van der Waals surface area contributed by atoms with E-state index in [-0.39, 0.29) is 11.8 Å². The molecule has 1 aliphatic heterocycles. The van der Waals surface area contributed by atoms with E-state index in [0.29, 0.717) is 25.9 Å². The Morgan fingerprint density at radius 2 is 1.62 bits per heavy atom. The maximum atomic E-state index is 12.6. The number of hydrogen-bond donors (Lipinski definition) is 1. The number of fused-ring (bicyclic) bond motifs is 1. The van der Waals surface area contributed by atoms with Crippen molar-refractivity contribution in [1.29, 1.82) is 0 Å². The molecule has 0 radical (unpaired) electrons. The van der Waals surface area contributed by atoms with Gasteiger partial charge >= 0.3 is 0 Å². The molecule has 5 nitrogen and oxygen atoms in total. The van der Waals surface area contributed by atoms with Crippen LogP contribution in [0, 0.1) is 5.92 Å².